The summed E-state index contributed by atoms with van der Waals surface area (Å²) in [4.78, 5) is 21.6. The molecule has 2 heterocycles. The summed E-state index contributed by atoms with van der Waals surface area (Å²) in [5.74, 6) is 1.44. The van der Waals surface area contributed by atoms with Crippen LogP contribution in [0.2, 0.25) is 0 Å². The fraction of sp³-hybridized carbons (Fsp3) is 0.615. The van der Waals surface area contributed by atoms with E-state index in [1.807, 2.05) is 12.4 Å². The lowest BCUT2D eigenvalue weighted by atomic mass is 10.1. The molecule has 0 spiro atoms. The summed E-state index contributed by atoms with van der Waals surface area (Å²) in [6.45, 7) is 1.60. The van der Waals surface area contributed by atoms with E-state index >= 15 is 0 Å². The molecule has 6 heteroatoms. The normalized spacial score (nSPS) is 20.3. The van der Waals surface area contributed by atoms with Crippen LogP contribution in [-0.2, 0) is 0 Å². The number of carbonyl (C=O) groups is 1. The molecule has 0 unspecified atom stereocenters. The van der Waals surface area contributed by atoms with Crippen LogP contribution < -0.4 is 10.2 Å². The van der Waals surface area contributed by atoms with Crippen LogP contribution in [0.1, 0.15) is 37.2 Å². The Morgan fingerprint density at radius 2 is 1.84 bits per heavy atom. The van der Waals surface area contributed by atoms with Crippen molar-refractivity contribution < 1.29 is 9.90 Å². The highest BCUT2D eigenvalue weighted by Gasteiger charge is 2.25. The number of amides is 1. The van der Waals surface area contributed by atoms with Crippen molar-refractivity contribution in [3.05, 3.63) is 18.0 Å². The lowest BCUT2D eigenvalue weighted by molar-refractivity contribution is 0.187. The number of piperidine rings is 1. The second-order valence-electron chi connectivity index (χ2n) is 5.30. The topological polar surface area (TPSA) is 78.4 Å². The zero-order valence-corrected chi connectivity index (χ0v) is 10.7. The Bertz CT molecular complexity index is 450. The van der Waals surface area contributed by atoms with Crippen LogP contribution in [-0.4, -0.2) is 40.3 Å². The first-order chi connectivity index (χ1) is 9.22. The van der Waals surface area contributed by atoms with Crippen LogP contribution in [0, 0.1) is 0 Å². The molecule has 0 radical (unpaired) electrons. The van der Waals surface area contributed by atoms with Crippen LogP contribution in [0.5, 0.6) is 0 Å². The third-order valence-corrected chi connectivity index (χ3v) is 3.81. The van der Waals surface area contributed by atoms with Crippen LogP contribution in [0.3, 0.4) is 0 Å². The SMILES string of the molecule is O=C(O)NC1CCN(c2ncc(C3CC3)cn2)CC1. The van der Waals surface area contributed by atoms with Gasteiger partial charge < -0.3 is 15.3 Å². The van der Waals surface area contributed by atoms with Crippen molar-refractivity contribution in [2.24, 2.45) is 0 Å². The average molecular weight is 262 g/mol. The summed E-state index contributed by atoms with van der Waals surface area (Å²) >= 11 is 0. The lowest BCUT2D eigenvalue weighted by Crippen LogP contribution is -2.44. The zero-order chi connectivity index (χ0) is 13.2. The molecule has 19 heavy (non-hydrogen) atoms. The number of carboxylic acid groups (broad SMARTS) is 1. The Labute approximate surface area is 111 Å². The number of hydrogen-bond acceptors (Lipinski definition) is 4. The Morgan fingerprint density at radius 3 is 2.37 bits per heavy atom. The molecule has 1 saturated carbocycles. The molecule has 1 saturated heterocycles. The maximum Gasteiger partial charge on any atom is 0.404 e. The smallest absolute Gasteiger partial charge is 0.404 e. The van der Waals surface area contributed by atoms with Gasteiger partial charge in [-0.2, -0.15) is 0 Å². The van der Waals surface area contributed by atoms with Crippen LogP contribution >= 0.6 is 0 Å². The van der Waals surface area contributed by atoms with E-state index in [-0.39, 0.29) is 6.04 Å². The Kier molecular flexibility index (Phi) is 3.23. The molecule has 3 rings (SSSR count). The first-order valence-corrected chi connectivity index (χ1v) is 6.79. The van der Waals surface area contributed by atoms with Gasteiger partial charge in [-0.3, -0.25) is 0 Å². The molecule has 0 bridgehead atoms. The molecular formula is C13H18N4O2. The first-order valence-electron chi connectivity index (χ1n) is 6.79. The van der Waals surface area contributed by atoms with Crippen LogP contribution in [0.25, 0.3) is 0 Å². The van der Waals surface area contributed by atoms with Gasteiger partial charge in [-0.05, 0) is 37.2 Å². The predicted molar refractivity (Wildman–Crippen MR) is 70.4 cm³/mol. The Hall–Kier alpha value is -1.85. The number of hydrogen-bond donors (Lipinski definition) is 2. The van der Waals surface area contributed by atoms with E-state index in [0.29, 0.717) is 5.92 Å². The van der Waals surface area contributed by atoms with Crippen molar-refractivity contribution in [3.63, 3.8) is 0 Å². The van der Waals surface area contributed by atoms with E-state index in [1.54, 1.807) is 0 Å². The van der Waals surface area contributed by atoms with Gasteiger partial charge in [0.05, 0.1) is 0 Å². The molecular weight excluding hydrogens is 244 g/mol. The molecule has 6 nitrogen and oxygen atoms in total. The highest BCUT2D eigenvalue weighted by Crippen LogP contribution is 2.39. The Balaban J connectivity index is 1.56. The van der Waals surface area contributed by atoms with E-state index in [0.717, 1.165) is 31.9 Å². The average Bonchev–Trinajstić information content (AvgIpc) is 3.24. The van der Waals surface area contributed by atoms with Gasteiger partial charge in [-0.15, -0.1) is 0 Å². The number of aromatic nitrogens is 2. The molecule has 0 atom stereocenters. The number of rotatable bonds is 3. The van der Waals surface area contributed by atoms with Crippen molar-refractivity contribution in [1.82, 2.24) is 15.3 Å². The maximum atomic E-state index is 10.6. The van der Waals surface area contributed by atoms with Gasteiger partial charge in [0, 0.05) is 31.5 Å². The molecule has 1 amide bonds. The van der Waals surface area contributed by atoms with Gasteiger partial charge in [0.15, 0.2) is 0 Å². The van der Waals surface area contributed by atoms with Gasteiger partial charge in [-0.1, -0.05) is 0 Å². The molecule has 1 aromatic heterocycles. The zero-order valence-electron chi connectivity index (χ0n) is 10.7. The van der Waals surface area contributed by atoms with Gasteiger partial charge in [0.2, 0.25) is 5.95 Å². The van der Waals surface area contributed by atoms with E-state index in [9.17, 15) is 4.79 Å². The molecule has 2 fully saturated rings. The van der Waals surface area contributed by atoms with E-state index in [4.69, 9.17) is 5.11 Å². The fourth-order valence-corrected chi connectivity index (χ4v) is 2.52. The largest absolute Gasteiger partial charge is 0.465 e. The number of nitrogens with one attached hydrogen (secondary N) is 1. The van der Waals surface area contributed by atoms with E-state index in [2.05, 4.69) is 20.2 Å². The quantitative estimate of drug-likeness (QED) is 0.865. The molecule has 0 aromatic carbocycles. The lowest BCUT2D eigenvalue weighted by Gasteiger charge is -2.31. The Morgan fingerprint density at radius 1 is 1.21 bits per heavy atom. The summed E-state index contributed by atoms with van der Waals surface area (Å²) in [6, 6.07) is 0.0551. The number of nitrogens with zero attached hydrogens (tertiary/aromatic N) is 3. The van der Waals surface area contributed by atoms with Crippen molar-refractivity contribution in [2.45, 2.75) is 37.6 Å². The van der Waals surface area contributed by atoms with Gasteiger partial charge in [-0.25, -0.2) is 14.8 Å². The van der Waals surface area contributed by atoms with Crippen LogP contribution in [0.15, 0.2) is 12.4 Å². The summed E-state index contributed by atoms with van der Waals surface area (Å²) in [7, 11) is 0. The van der Waals surface area contributed by atoms with Crippen LogP contribution in [0.4, 0.5) is 10.7 Å². The second kappa shape index (κ2) is 5.03. The third-order valence-electron chi connectivity index (χ3n) is 3.81. The minimum absolute atomic E-state index is 0.0551. The summed E-state index contributed by atoms with van der Waals surface area (Å²) in [5, 5.41) is 11.2. The molecule has 2 aliphatic rings. The summed E-state index contributed by atoms with van der Waals surface area (Å²) < 4.78 is 0. The minimum atomic E-state index is -0.941. The van der Waals surface area contributed by atoms with Gasteiger partial charge in [0.1, 0.15) is 0 Å². The van der Waals surface area contributed by atoms with Crippen molar-refractivity contribution in [2.75, 3.05) is 18.0 Å². The molecule has 2 N–H and O–H groups in total. The molecule has 1 aliphatic heterocycles. The van der Waals surface area contributed by atoms with E-state index in [1.165, 1.54) is 18.4 Å². The van der Waals surface area contributed by atoms with Crippen molar-refractivity contribution in [1.29, 1.82) is 0 Å². The number of anilines is 1. The highest BCUT2D eigenvalue weighted by molar-refractivity contribution is 5.64. The minimum Gasteiger partial charge on any atom is -0.465 e. The molecule has 102 valence electrons. The highest BCUT2D eigenvalue weighted by atomic mass is 16.4. The standard InChI is InChI=1S/C13H18N4O2/c18-13(19)16-11-3-5-17(6-4-11)12-14-7-10(8-15-12)9-1-2-9/h7-9,11,16H,1-6H2,(H,18,19). The molecule has 1 aromatic rings. The van der Waals surface area contributed by atoms with E-state index < -0.39 is 6.09 Å². The second-order valence-corrected chi connectivity index (χ2v) is 5.30. The van der Waals surface area contributed by atoms with Gasteiger partial charge >= 0.3 is 6.09 Å². The van der Waals surface area contributed by atoms with Gasteiger partial charge in [0.25, 0.3) is 0 Å². The third kappa shape index (κ3) is 2.94. The van der Waals surface area contributed by atoms with Crippen molar-refractivity contribution in [3.8, 4) is 0 Å². The maximum absolute atomic E-state index is 10.6. The fourth-order valence-electron chi connectivity index (χ4n) is 2.52. The summed E-state index contributed by atoms with van der Waals surface area (Å²) in [6.07, 6.45) is 7.05. The first kappa shape index (κ1) is 12.2. The van der Waals surface area contributed by atoms with Crippen molar-refractivity contribution >= 4 is 12.0 Å². The monoisotopic (exact) mass is 262 g/mol. The molecule has 1 aliphatic carbocycles. The predicted octanol–water partition coefficient (Wildman–Crippen LogP) is 1.59. The summed E-state index contributed by atoms with van der Waals surface area (Å²) in [5.41, 5.74) is 1.24.